The molecule has 1 heterocycles. The zero-order chi connectivity index (χ0) is 18.6. The van der Waals surface area contributed by atoms with Crippen LogP contribution >= 0.6 is 0 Å². The highest BCUT2D eigenvalue weighted by Gasteiger charge is 2.14. The van der Waals surface area contributed by atoms with Gasteiger partial charge in [0, 0.05) is 22.7 Å². The molecule has 1 amide bonds. The van der Waals surface area contributed by atoms with Crippen molar-refractivity contribution < 1.29 is 9.53 Å². The molecule has 0 aliphatic heterocycles. The molecule has 4 aromatic rings. The van der Waals surface area contributed by atoms with E-state index >= 15 is 0 Å². The molecule has 3 aromatic carbocycles. The maximum absolute atomic E-state index is 12.2. The van der Waals surface area contributed by atoms with Gasteiger partial charge in [0.25, 0.3) is 5.91 Å². The lowest BCUT2D eigenvalue weighted by Gasteiger charge is -2.13. The first-order valence-electron chi connectivity index (χ1n) is 8.75. The quantitative estimate of drug-likeness (QED) is 0.414. The van der Waals surface area contributed by atoms with Crippen molar-refractivity contribution in [3.63, 3.8) is 0 Å². The van der Waals surface area contributed by atoms with Crippen molar-refractivity contribution in [1.29, 1.82) is 0 Å². The summed E-state index contributed by atoms with van der Waals surface area (Å²) in [5, 5.41) is 7.30. The zero-order valence-corrected chi connectivity index (χ0v) is 14.8. The Labute approximate surface area is 156 Å². The third-order valence-corrected chi connectivity index (χ3v) is 4.40. The minimum Gasteiger partial charge on any atom is -0.481 e. The Kier molecular flexibility index (Phi) is 4.58. The van der Waals surface area contributed by atoms with E-state index in [9.17, 15) is 4.79 Å². The summed E-state index contributed by atoms with van der Waals surface area (Å²) in [6.07, 6.45) is 2.82. The second-order valence-electron chi connectivity index (χ2n) is 6.29. The summed E-state index contributed by atoms with van der Waals surface area (Å²) < 4.78 is 5.75. The Morgan fingerprint density at radius 3 is 2.74 bits per heavy atom. The van der Waals surface area contributed by atoms with Crippen LogP contribution in [0.5, 0.6) is 5.75 Å². The molecular formula is C22H19N3O2. The van der Waals surface area contributed by atoms with Crippen molar-refractivity contribution in [2.75, 3.05) is 0 Å². The predicted octanol–water partition coefficient (Wildman–Crippen LogP) is 4.24. The van der Waals surface area contributed by atoms with Crippen LogP contribution in [0, 0.1) is 0 Å². The van der Waals surface area contributed by atoms with Crippen LogP contribution in [0.4, 0.5) is 0 Å². The summed E-state index contributed by atoms with van der Waals surface area (Å²) in [5.74, 6) is 0.344. The standard InChI is InChI=1S/C22H19N3O2/c1-15(27-19-11-10-16-6-2-3-7-17(16)12-19)22(26)25-24-14-18-13-23-21-9-5-4-8-20(18)21/h2-15,23H,1H3,(H,25,26)/b24-14+/t15-/m0/s1. The van der Waals surface area contributed by atoms with E-state index in [1.807, 2.05) is 72.9 Å². The lowest BCUT2D eigenvalue weighted by Crippen LogP contribution is -2.33. The number of benzene rings is 3. The van der Waals surface area contributed by atoms with Gasteiger partial charge >= 0.3 is 0 Å². The maximum Gasteiger partial charge on any atom is 0.280 e. The van der Waals surface area contributed by atoms with E-state index in [-0.39, 0.29) is 5.91 Å². The van der Waals surface area contributed by atoms with Crippen LogP contribution in [-0.4, -0.2) is 23.2 Å². The fourth-order valence-corrected chi connectivity index (χ4v) is 2.96. The largest absolute Gasteiger partial charge is 0.481 e. The molecule has 4 rings (SSSR count). The lowest BCUT2D eigenvalue weighted by atomic mass is 10.1. The van der Waals surface area contributed by atoms with E-state index < -0.39 is 6.10 Å². The first-order valence-corrected chi connectivity index (χ1v) is 8.75. The number of nitrogens with one attached hydrogen (secondary N) is 2. The fourth-order valence-electron chi connectivity index (χ4n) is 2.96. The minimum absolute atomic E-state index is 0.306. The molecule has 0 spiro atoms. The van der Waals surface area contributed by atoms with E-state index in [4.69, 9.17) is 4.74 Å². The number of carbonyl (C=O) groups excluding carboxylic acids is 1. The molecule has 0 unspecified atom stereocenters. The second kappa shape index (κ2) is 7.33. The van der Waals surface area contributed by atoms with Gasteiger partial charge in [0.15, 0.2) is 6.10 Å². The van der Waals surface area contributed by atoms with Gasteiger partial charge in [-0.3, -0.25) is 4.79 Å². The van der Waals surface area contributed by atoms with Crippen molar-refractivity contribution in [1.82, 2.24) is 10.4 Å². The van der Waals surface area contributed by atoms with E-state index in [1.165, 1.54) is 0 Å². The van der Waals surface area contributed by atoms with Crippen molar-refractivity contribution in [2.45, 2.75) is 13.0 Å². The average Bonchev–Trinajstić information content (AvgIpc) is 3.11. The number of hydrazone groups is 1. The number of ether oxygens (including phenoxy) is 1. The highest BCUT2D eigenvalue weighted by Crippen LogP contribution is 2.21. The zero-order valence-electron chi connectivity index (χ0n) is 14.8. The van der Waals surface area contributed by atoms with E-state index in [0.29, 0.717) is 5.75 Å². The number of aromatic amines is 1. The topological polar surface area (TPSA) is 66.5 Å². The van der Waals surface area contributed by atoms with Crippen LogP contribution < -0.4 is 10.2 Å². The molecule has 0 bridgehead atoms. The van der Waals surface area contributed by atoms with Crippen LogP contribution in [0.3, 0.4) is 0 Å². The smallest absolute Gasteiger partial charge is 0.280 e. The van der Waals surface area contributed by atoms with Crippen LogP contribution in [-0.2, 0) is 4.79 Å². The van der Waals surface area contributed by atoms with Gasteiger partial charge in [0.2, 0.25) is 0 Å². The van der Waals surface area contributed by atoms with E-state index in [2.05, 4.69) is 15.5 Å². The summed E-state index contributed by atoms with van der Waals surface area (Å²) in [6.45, 7) is 1.70. The van der Waals surface area contributed by atoms with E-state index in [0.717, 1.165) is 27.2 Å². The molecule has 0 saturated carbocycles. The molecule has 27 heavy (non-hydrogen) atoms. The highest BCUT2D eigenvalue weighted by atomic mass is 16.5. The van der Waals surface area contributed by atoms with Gasteiger partial charge in [-0.2, -0.15) is 5.10 Å². The molecule has 5 heteroatoms. The van der Waals surface area contributed by atoms with Gasteiger partial charge < -0.3 is 9.72 Å². The lowest BCUT2D eigenvalue weighted by molar-refractivity contribution is -0.127. The molecule has 134 valence electrons. The average molecular weight is 357 g/mol. The SMILES string of the molecule is C[C@H](Oc1ccc2ccccc2c1)C(=O)N/N=C/c1c[nH]c2ccccc12. The van der Waals surface area contributed by atoms with Gasteiger partial charge in [-0.1, -0.05) is 48.5 Å². The molecule has 1 aromatic heterocycles. The number of nitrogens with zero attached hydrogens (tertiary/aromatic N) is 1. The van der Waals surface area contributed by atoms with Gasteiger partial charge in [-0.05, 0) is 35.9 Å². The van der Waals surface area contributed by atoms with Crippen molar-refractivity contribution in [3.05, 3.63) is 78.5 Å². The number of carbonyl (C=O) groups is 1. The van der Waals surface area contributed by atoms with Crippen LogP contribution in [0.25, 0.3) is 21.7 Å². The van der Waals surface area contributed by atoms with Gasteiger partial charge in [0.1, 0.15) is 5.75 Å². The first-order chi connectivity index (χ1) is 13.2. The monoisotopic (exact) mass is 357 g/mol. The number of amides is 1. The fraction of sp³-hybridized carbons (Fsp3) is 0.0909. The predicted molar refractivity (Wildman–Crippen MR) is 108 cm³/mol. The summed E-state index contributed by atoms with van der Waals surface area (Å²) >= 11 is 0. The molecule has 0 aliphatic carbocycles. The Morgan fingerprint density at radius 2 is 1.85 bits per heavy atom. The van der Waals surface area contributed by atoms with E-state index in [1.54, 1.807) is 13.1 Å². The number of para-hydroxylation sites is 1. The van der Waals surface area contributed by atoms with Crippen molar-refractivity contribution in [3.8, 4) is 5.75 Å². The van der Waals surface area contributed by atoms with Crippen molar-refractivity contribution >= 4 is 33.8 Å². The Balaban J connectivity index is 1.40. The number of hydrogen-bond acceptors (Lipinski definition) is 3. The molecular weight excluding hydrogens is 338 g/mol. The summed E-state index contributed by atoms with van der Waals surface area (Å²) in [6, 6.07) is 21.7. The Morgan fingerprint density at radius 1 is 1.07 bits per heavy atom. The van der Waals surface area contributed by atoms with Gasteiger partial charge in [-0.15, -0.1) is 0 Å². The maximum atomic E-state index is 12.2. The first kappa shape index (κ1) is 16.8. The summed E-state index contributed by atoms with van der Waals surface area (Å²) in [7, 11) is 0. The highest BCUT2D eigenvalue weighted by molar-refractivity contribution is 5.99. The number of rotatable bonds is 5. The molecule has 1 atom stereocenters. The Hall–Kier alpha value is -3.60. The van der Waals surface area contributed by atoms with Gasteiger partial charge in [-0.25, -0.2) is 5.43 Å². The van der Waals surface area contributed by atoms with Crippen LogP contribution in [0.15, 0.2) is 78.0 Å². The molecule has 0 aliphatic rings. The molecule has 0 radical (unpaired) electrons. The molecule has 5 nitrogen and oxygen atoms in total. The minimum atomic E-state index is -0.661. The second-order valence-corrected chi connectivity index (χ2v) is 6.29. The third-order valence-electron chi connectivity index (χ3n) is 4.40. The number of hydrogen-bond donors (Lipinski definition) is 2. The summed E-state index contributed by atoms with van der Waals surface area (Å²) in [4.78, 5) is 15.4. The summed E-state index contributed by atoms with van der Waals surface area (Å²) in [5.41, 5.74) is 4.47. The normalized spacial score (nSPS) is 12.5. The molecule has 0 saturated heterocycles. The number of fused-ring (bicyclic) bond motifs is 2. The van der Waals surface area contributed by atoms with Crippen molar-refractivity contribution in [2.24, 2.45) is 5.10 Å². The third kappa shape index (κ3) is 3.67. The van der Waals surface area contributed by atoms with Crippen LogP contribution in [0.1, 0.15) is 12.5 Å². The number of H-pyrrole nitrogens is 1. The molecule has 2 N–H and O–H groups in total. The van der Waals surface area contributed by atoms with Gasteiger partial charge in [0.05, 0.1) is 6.21 Å². The number of aromatic nitrogens is 1. The molecule has 0 fully saturated rings. The Bertz CT molecular complexity index is 1130. The van der Waals surface area contributed by atoms with Crippen LogP contribution in [0.2, 0.25) is 0 Å².